The molecule has 0 saturated heterocycles. The van der Waals surface area contributed by atoms with Gasteiger partial charge < -0.3 is 15.2 Å². The first kappa shape index (κ1) is 13.0. The average molecular weight is 223 g/mol. The molecule has 0 fully saturated rings. The average Bonchev–Trinajstić information content (AvgIpc) is 2.30. The van der Waals surface area contributed by atoms with Crippen molar-refractivity contribution < 1.29 is 9.47 Å². The van der Waals surface area contributed by atoms with Gasteiger partial charge in [-0.25, -0.2) is 0 Å². The number of ether oxygens (including phenoxy) is 2. The topological polar surface area (TPSA) is 44.5 Å². The summed E-state index contributed by atoms with van der Waals surface area (Å²) in [6.45, 7) is 5.21. The lowest BCUT2D eigenvalue weighted by atomic mass is 10.0. The van der Waals surface area contributed by atoms with Gasteiger partial charge in [-0.3, -0.25) is 0 Å². The van der Waals surface area contributed by atoms with E-state index in [1.165, 1.54) is 0 Å². The summed E-state index contributed by atoms with van der Waals surface area (Å²) in [6.07, 6.45) is 0.887. The van der Waals surface area contributed by atoms with Crippen LogP contribution in [0.4, 0.5) is 0 Å². The van der Waals surface area contributed by atoms with Crippen LogP contribution in [-0.4, -0.2) is 19.3 Å². The van der Waals surface area contributed by atoms with Crippen molar-refractivity contribution in [3.05, 3.63) is 29.8 Å². The third-order valence-electron chi connectivity index (χ3n) is 2.75. The van der Waals surface area contributed by atoms with Gasteiger partial charge in [0, 0.05) is 13.7 Å². The number of rotatable bonds is 6. The summed E-state index contributed by atoms with van der Waals surface area (Å²) in [4.78, 5) is 0. The zero-order chi connectivity index (χ0) is 12.0. The Balaban J connectivity index is 2.76. The molecule has 1 aromatic carbocycles. The number of hydrogen-bond donors (Lipinski definition) is 1. The van der Waals surface area contributed by atoms with Gasteiger partial charge in [-0.05, 0) is 31.0 Å². The van der Waals surface area contributed by atoms with Crippen molar-refractivity contribution >= 4 is 0 Å². The summed E-state index contributed by atoms with van der Waals surface area (Å²) in [5.41, 5.74) is 6.53. The maximum Gasteiger partial charge on any atom is 0.120 e. The molecule has 0 spiro atoms. The molecule has 0 aliphatic heterocycles. The highest BCUT2D eigenvalue weighted by atomic mass is 16.5. The minimum Gasteiger partial charge on any atom is -0.486 e. The van der Waals surface area contributed by atoms with Gasteiger partial charge in [0.1, 0.15) is 11.4 Å². The molecule has 1 aromatic rings. The number of methoxy groups -OCH3 is 1. The third kappa shape index (κ3) is 3.51. The molecule has 2 N–H and O–H groups in total. The summed E-state index contributed by atoms with van der Waals surface area (Å²) in [5, 5.41) is 0. The van der Waals surface area contributed by atoms with Crippen molar-refractivity contribution in [2.45, 2.75) is 32.5 Å². The normalized spacial score (nSPS) is 14.5. The Morgan fingerprint density at radius 2 is 2.12 bits per heavy atom. The molecular weight excluding hydrogens is 202 g/mol. The molecule has 0 amide bonds. The van der Waals surface area contributed by atoms with Crippen LogP contribution >= 0.6 is 0 Å². The van der Waals surface area contributed by atoms with Gasteiger partial charge in [0.2, 0.25) is 0 Å². The van der Waals surface area contributed by atoms with Crippen LogP contribution in [0.25, 0.3) is 0 Å². The molecule has 0 bridgehead atoms. The molecule has 90 valence electrons. The maximum atomic E-state index is 5.91. The molecule has 0 heterocycles. The fourth-order valence-corrected chi connectivity index (χ4v) is 1.41. The van der Waals surface area contributed by atoms with Gasteiger partial charge in [0.15, 0.2) is 0 Å². The summed E-state index contributed by atoms with van der Waals surface area (Å²) < 4.78 is 11.0. The van der Waals surface area contributed by atoms with Crippen LogP contribution in [0, 0.1) is 0 Å². The van der Waals surface area contributed by atoms with E-state index in [9.17, 15) is 0 Å². The Hall–Kier alpha value is -1.06. The molecule has 0 radical (unpaired) electrons. The second-order valence-electron chi connectivity index (χ2n) is 4.19. The highest BCUT2D eigenvalue weighted by Gasteiger charge is 2.21. The van der Waals surface area contributed by atoms with Crippen molar-refractivity contribution in [1.82, 2.24) is 0 Å². The quantitative estimate of drug-likeness (QED) is 0.805. The smallest absolute Gasteiger partial charge is 0.120 e. The van der Waals surface area contributed by atoms with Crippen molar-refractivity contribution in [3.63, 3.8) is 0 Å². The van der Waals surface area contributed by atoms with Crippen molar-refractivity contribution in [2.24, 2.45) is 5.73 Å². The molecule has 0 aliphatic carbocycles. The van der Waals surface area contributed by atoms with E-state index in [0.717, 1.165) is 17.7 Å². The minimum atomic E-state index is -0.286. The maximum absolute atomic E-state index is 5.91. The first-order chi connectivity index (χ1) is 7.63. The lowest BCUT2D eigenvalue weighted by Crippen LogP contribution is -2.39. The molecule has 3 nitrogen and oxygen atoms in total. The lowest BCUT2D eigenvalue weighted by Gasteiger charge is -2.28. The summed E-state index contributed by atoms with van der Waals surface area (Å²) in [7, 11) is 1.68. The largest absolute Gasteiger partial charge is 0.486 e. The summed E-state index contributed by atoms with van der Waals surface area (Å²) in [5.74, 6) is 0.851. The molecule has 0 aliphatic rings. The van der Waals surface area contributed by atoms with Gasteiger partial charge in [-0.2, -0.15) is 0 Å². The number of nitrogens with two attached hydrogens (primary N) is 1. The molecular formula is C13H21NO2. The van der Waals surface area contributed by atoms with E-state index >= 15 is 0 Å². The van der Waals surface area contributed by atoms with E-state index in [-0.39, 0.29) is 5.60 Å². The minimum absolute atomic E-state index is 0.286. The SMILES string of the molecule is CCC(C)(CN)Oc1cccc(COC)c1. The van der Waals surface area contributed by atoms with Crippen LogP contribution in [0.5, 0.6) is 5.75 Å². The predicted molar refractivity (Wildman–Crippen MR) is 65.5 cm³/mol. The standard InChI is InChI=1S/C13H21NO2/c1-4-13(2,10-14)16-12-7-5-6-11(8-12)9-15-3/h5-8H,4,9-10,14H2,1-3H3. The number of benzene rings is 1. The Labute approximate surface area is 97.6 Å². The Morgan fingerprint density at radius 1 is 1.38 bits per heavy atom. The van der Waals surface area contributed by atoms with E-state index in [2.05, 4.69) is 6.92 Å². The van der Waals surface area contributed by atoms with Gasteiger partial charge in [-0.15, -0.1) is 0 Å². The van der Waals surface area contributed by atoms with E-state index < -0.39 is 0 Å². The Morgan fingerprint density at radius 3 is 2.69 bits per heavy atom. The zero-order valence-electron chi connectivity index (χ0n) is 10.3. The van der Waals surface area contributed by atoms with Crippen LogP contribution in [-0.2, 0) is 11.3 Å². The van der Waals surface area contributed by atoms with Gasteiger partial charge in [-0.1, -0.05) is 19.1 Å². The van der Waals surface area contributed by atoms with E-state index in [4.69, 9.17) is 15.2 Å². The lowest BCUT2D eigenvalue weighted by molar-refractivity contribution is 0.0931. The first-order valence-corrected chi connectivity index (χ1v) is 5.60. The molecule has 0 aromatic heterocycles. The summed E-state index contributed by atoms with van der Waals surface area (Å²) in [6, 6.07) is 7.92. The fraction of sp³-hybridized carbons (Fsp3) is 0.538. The summed E-state index contributed by atoms with van der Waals surface area (Å²) >= 11 is 0. The highest BCUT2D eigenvalue weighted by Crippen LogP contribution is 2.21. The predicted octanol–water partition coefficient (Wildman–Crippen LogP) is 2.34. The van der Waals surface area contributed by atoms with Gasteiger partial charge >= 0.3 is 0 Å². The van der Waals surface area contributed by atoms with Gasteiger partial charge in [0.25, 0.3) is 0 Å². The second kappa shape index (κ2) is 5.87. The van der Waals surface area contributed by atoms with Crippen LogP contribution in [0.2, 0.25) is 0 Å². The van der Waals surface area contributed by atoms with Crippen molar-refractivity contribution in [2.75, 3.05) is 13.7 Å². The zero-order valence-corrected chi connectivity index (χ0v) is 10.3. The molecule has 16 heavy (non-hydrogen) atoms. The molecule has 3 heteroatoms. The molecule has 1 rings (SSSR count). The Kier molecular flexibility index (Phi) is 4.77. The second-order valence-corrected chi connectivity index (χ2v) is 4.19. The van der Waals surface area contributed by atoms with Crippen molar-refractivity contribution in [3.8, 4) is 5.75 Å². The molecule has 1 atom stereocenters. The fourth-order valence-electron chi connectivity index (χ4n) is 1.41. The van der Waals surface area contributed by atoms with Crippen LogP contribution < -0.4 is 10.5 Å². The van der Waals surface area contributed by atoms with Crippen molar-refractivity contribution in [1.29, 1.82) is 0 Å². The van der Waals surface area contributed by atoms with Crippen LogP contribution in [0.1, 0.15) is 25.8 Å². The Bertz CT molecular complexity index is 321. The monoisotopic (exact) mass is 223 g/mol. The highest BCUT2D eigenvalue weighted by molar-refractivity contribution is 5.28. The van der Waals surface area contributed by atoms with Crippen LogP contribution in [0.3, 0.4) is 0 Å². The molecule has 0 saturated carbocycles. The molecule has 1 unspecified atom stereocenters. The van der Waals surface area contributed by atoms with E-state index in [1.807, 2.05) is 31.2 Å². The first-order valence-electron chi connectivity index (χ1n) is 5.60. The van der Waals surface area contributed by atoms with Crippen LogP contribution in [0.15, 0.2) is 24.3 Å². The van der Waals surface area contributed by atoms with E-state index in [0.29, 0.717) is 13.2 Å². The van der Waals surface area contributed by atoms with Gasteiger partial charge in [0.05, 0.1) is 6.61 Å². The number of hydrogen-bond acceptors (Lipinski definition) is 3. The van der Waals surface area contributed by atoms with E-state index in [1.54, 1.807) is 7.11 Å². The third-order valence-corrected chi connectivity index (χ3v) is 2.75.